The fraction of sp³-hybridized carbons (Fsp3) is 0.147. The summed E-state index contributed by atoms with van der Waals surface area (Å²) in [5.74, 6) is -1.45. The van der Waals surface area contributed by atoms with Crippen molar-refractivity contribution >= 4 is 50.8 Å². The average molecular weight is 597 g/mol. The van der Waals surface area contributed by atoms with Gasteiger partial charge in [-0.1, -0.05) is 84.4 Å². The molecule has 0 aliphatic rings. The van der Waals surface area contributed by atoms with Gasteiger partial charge in [-0.15, -0.1) is 11.3 Å². The Kier molecular flexibility index (Phi) is 9.31. The van der Waals surface area contributed by atoms with E-state index in [1.54, 1.807) is 12.1 Å². The minimum absolute atomic E-state index is 0.0545. The van der Waals surface area contributed by atoms with E-state index in [0.29, 0.717) is 28.6 Å². The van der Waals surface area contributed by atoms with Gasteiger partial charge in [0, 0.05) is 40.8 Å². The number of aliphatic carboxylic acids is 1. The summed E-state index contributed by atoms with van der Waals surface area (Å²) in [6, 6.07) is 34.9. The van der Waals surface area contributed by atoms with Crippen LogP contribution in [0.25, 0.3) is 10.1 Å². The SMILES string of the molecule is O=C(O)CCNC(=O)c1ccc(CN(CC(c2ccccc2)c2ccccc2)C(=O)c2cc3cc(Cl)ccc3s2)cc1. The van der Waals surface area contributed by atoms with Gasteiger partial charge in [0.25, 0.3) is 11.8 Å². The van der Waals surface area contributed by atoms with Crippen molar-refractivity contribution < 1.29 is 19.5 Å². The minimum Gasteiger partial charge on any atom is -0.481 e. The zero-order valence-electron chi connectivity index (χ0n) is 22.7. The first-order valence-corrected chi connectivity index (χ1v) is 14.7. The Labute approximate surface area is 253 Å². The van der Waals surface area contributed by atoms with E-state index in [4.69, 9.17) is 16.7 Å². The molecular formula is C34H29ClN2O4S. The Bertz CT molecular complexity index is 1650. The molecule has 2 N–H and O–H groups in total. The van der Waals surface area contributed by atoms with Gasteiger partial charge in [0.2, 0.25) is 0 Å². The number of amides is 2. The van der Waals surface area contributed by atoms with Crippen LogP contribution in [-0.4, -0.2) is 40.9 Å². The summed E-state index contributed by atoms with van der Waals surface area (Å²) >= 11 is 7.66. The van der Waals surface area contributed by atoms with Crippen LogP contribution in [0.2, 0.25) is 5.02 Å². The van der Waals surface area contributed by atoms with E-state index in [1.165, 1.54) is 11.3 Å². The molecule has 0 aliphatic heterocycles. The zero-order valence-corrected chi connectivity index (χ0v) is 24.3. The summed E-state index contributed by atoms with van der Waals surface area (Å²) < 4.78 is 0.989. The number of carboxylic acids is 1. The molecule has 212 valence electrons. The highest BCUT2D eigenvalue weighted by Crippen LogP contribution is 2.31. The lowest BCUT2D eigenvalue weighted by Gasteiger charge is -2.28. The Morgan fingerprint density at radius 1 is 0.833 bits per heavy atom. The van der Waals surface area contributed by atoms with Crippen molar-refractivity contribution in [2.24, 2.45) is 0 Å². The number of nitrogens with one attached hydrogen (secondary N) is 1. The molecule has 4 aromatic carbocycles. The third-order valence-electron chi connectivity index (χ3n) is 7.00. The number of rotatable bonds is 11. The van der Waals surface area contributed by atoms with Gasteiger partial charge >= 0.3 is 5.97 Å². The molecule has 0 aliphatic carbocycles. The van der Waals surface area contributed by atoms with Gasteiger partial charge < -0.3 is 15.3 Å². The van der Waals surface area contributed by atoms with Gasteiger partial charge in [0.15, 0.2) is 0 Å². The van der Waals surface area contributed by atoms with Crippen molar-refractivity contribution in [3.05, 3.63) is 141 Å². The third-order valence-corrected chi connectivity index (χ3v) is 8.34. The number of carbonyl (C=O) groups is 3. The van der Waals surface area contributed by atoms with Crippen molar-refractivity contribution in [2.75, 3.05) is 13.1 Å². The van der Waals surface area contributed by atoms with Gasteiger partial charge in [0.05, 0.1) is 11.3 Å². The van der Waals surface area contributed by atoms with Gasteiger partial charge in [0.1, 0.15) is 0 Å². The van der Waals surface area contributed by atoms with E-state index in [9.17, 15) is 14.4 Å². The van der Waals surface area contributed by atoms with Gasteiger partial charge in [-0.05, 0) is 58.5 Å². The molecule has 1 aromatic heterocycles. The van der Waals surface area contributed by atoms with Crippen molar-refractivity contribution in [1.29, 1.82) is 0 Å². The maximum Gasteiger partial charge on any atom is 0.305 e. The molecule has 42 heavy (non-hydrogen) atoms. The molecule has 0 saturated heterocycles. The molecule has 8 heteroatoms. The molecular weight excluding hydrogens is 568 g/mol. The second kappa shape index (κ2) is 13.5. The Hall–Kier alpha value is -4.46. The van der Waals surface area contributed by atoms with E-state index < -0.39 is 5.97 Å². The highest BCUT2D eigenvalue weighted by molar-refractivity contribution is 7.20. The van der Waals surface area contributed by atoms with E-state index in [2.05, 4.69) is 29.6 Å². The summed E-state index contributed by atoms with van der Waals surface area (Å²) in [5, 5.41) is 13.0. The van der Waals surface area contributed by atoms with Crippen LogP contribution in [-0.2, 0) is 11.3 Å². The highest BCUT2D eigenvalue weighted by atomic mass is 35.5. The number of carbonyl (C=O) groups excluding carboxylic acids is 2. The quantitative estimate of drug-likeness (QED) is 0.168. The van der Waals surface area contributed by atoms with E-state index >= 15 is 0 Å². The second-order valence-corrected chi connectivity index (χ2v) is 11.5. The van der Waals surface area contributed by atoms with Gasteiger partial charge in [-0.25, -0.2) is 0 Å². The monoisotopic (exact) mass is 596 g/mol. The highest BCUT2D eigenvalue weighted by Gasteiger charge is 2.25. The molecule has 2 amide bonds. The van der Waals surface area contributed by atoms with Crippen molar-refractivity contribution in [2.45, 2.75) is 18.9 Å². The summed E-state index contributed by atoms with van der Waals surface area (Å²) in [4.78, 5) is 39.8. The topological polar surface area (TPSA) is 86.7 Å². The molecule has 0 spiro atoms. The number of carboxylic acid groups (broad SMARTS) is 1. The Morgan fingerprint density at radius 3 is 2.10 bits per heavy atom. The molecule has 1 heterocycles. The maximum absolute atomic E-state index is 14.1. The van der Waals surface area contributed by atoms with E-state index in [0.717, 1.165) is 26.8 Å². The molecule has 5 rings (SSSR count). The van der Waals surface area contributed by atoms with Crippen LogP contribution >= 0.6 is 22.9 Å². The average Bonchev–Trinajstić information content (AvgIpc) is 3.43. The number of halogens is 1. The maximum atomic E-state index is 14.1. The molecule has 0 unspecified atom stereocenters. The lowest BCUT2D eigenvalue weighted by Crippen LogP contribution is -2.34. The lowest BCUT2D eigenvalue weighted by atomic mass is 9.90. The number of hydrogen-bond acceptors (Lipinski definition) is 4. The largest absolute Gasteiger partial charge is 0.481 e. The van der Waals surface area contributed by atoms with Crippen LogP contribution in [0.15, 0.2) is 109 Å². The fourth-order valence-electron chi connectivity index (χ4n) is 4.86. The molecule has 0 bridgehead atoms. The molecule has 6 nitrogen and oxygen atoms in total. The van der Waals surface area contributed by atoms with Crippen molar-refractivity contribution in [3.8, 4) is 0 Å². The van der Waals surface area contributed by atoms with Crippen molar-refractivity contribution in [3.63, 3.8) is 0 Å². The predicted octanol–water partition coefficient (Wildman–Crippen LogP) is 7.23. The summed E-state index contributed by atoms with van der Waals surface area (Å²) in [5.41, 5.74) is 3.51. The third kappa shape index (κ3) is 7.24. The lowest BCUT2D eigenvalue weighted by molar-refractivity contribution is -0.136. The first-order chi connectivity index (χ1) is 20.4. The molecule has 0 radical (unpaired) electrons. The number of benzene rings is 4. The number of fused-ring (bicyclic) bond motifs is 1. The Morgan fingerprint density at radius 2 is 1.48 bits per heavy atom. The minimum atomic E-state index is -0.971. The Balaban J connectivity index is 1.45. The summed E-state index contributed by atoms with van der Waals surface area (Å²) in [7, 11) is 0. The van der Waals surface area contributed by atoms with Gasteiger partial charge in [-0.3, -0.25) is 14.4 Å². The normalized spacial score (nSPS) is 11.0. The standard InChI is InChI=1S/C34H29ClN2O4S/c35-28-15-16-30-27(19-28)20-31(42-30)34(41)37(21-23-11-13-26(14-12-23)33(40)36-18-17-32(38)39)22-29(24-7-3-1-4-8-24)25-9-5-2-6-10-25/h1-16,19-20,29H,17-18,21-22H2,(H,36,40)(H,38,39). The van der Waals surface area contributed by atoms with E-state index in [-0.39, 0.29) is 30.7 Å². The molecule has 0 atom stereocenters. The predicted molar refractivity (Wildman–Crippen MR) is 167 cm³/mol. The number of thiophene rings is 1. The van der Waals surface area contributed by atoms with Crippen LogP contribution in [0.4, 0.5) is 0 Å². The number of hydrogen-bond donors (Lipinski definition) is 2. The van der Waals surface area contributed by atoms with Crippen LogP contribution in [0.1, 0.15) is 49.1 Å². The van der Waals surface area contributed by atoms with Crippen LogP contribution in [0.5, 0.6) is 0 Å². The number of nitrogens with zero attached hydrogens (tertiary/aromatic N) is 1. The smallest absolute Gasteiger partial charge is 0.305 e. The fourth-order valence-corrected chi connectivity index (χ4v) is 6.05. The molecule has 5 aromatic rings. The van der Waals surface area contributed by atoms with Crippen LogP contribution in [0.3, 0.4) is 0 Å². The van der Waals surface area contributed by atoms with Crippen LogP contribution in [0, 0.1) is 0 Å². The van der Waals surface area contributed by atoms with Gasteiger partial charge in [-0.2, -0.15) is 0 Å². The molecule has 0 fully saturated rings. The molecule has 0 saturated carbocycles. The first kappa shape index (κ1) is 29.0. The summed E-state index contributed by atoms with van der Waals surface area (Å²) in [6.45, 7) is 0.836. The zero-order chi connectivity index (χ0) is 29.5. The van der Waals surface area contributed by atoms with Crippen molar-refractivity contribution in [1.82, 2.24) is 10.2 Å². The van der Waals surface area contributed by atoms with Crippen LogP contribution < -0.4 is 5.32 Å². The summed E-state index contributed by atoms with van der Waals surface area (Å²) in [6.07, 6.45) is -0.144. The first-order valence-electron chi connectivity index (χ1n) is 13.5. The second-order valence-electron chi connectivity index (χ2n) is 9.95. The van der Waals surface area contributed by atoms with E-state index in [1.807, 2.05) is 77.7 Å².